The Morgan fingerprint density at radius 2 is 2.06 bits per heavy atom. The lowest BCUT2D eigenvalue weighted by Gasteiger charge is -2.04. The molecule has 0 fully saturated rings. The molecule has 0 aliphatic carbocycles. The number of benzene rings is 2. The largest absolute Gasteiger partial charge is 0.293 e. The van der Waals surface area contributed by atoms with Crippen LogP contribution in [0.1, 0.15) is 22.3 Å². The monoisotopic (exact) mass is 209 g/mol. The van der Waals surface area contributed by atoms with E-state index in [0.29, 0.717) is 5.56 Å². The van der Waals surface area contributed by atoms with Gasteiger partial charge in [-0.25, -0.2) is 0 Å². The number of hydrogen-bond donors (Lipinski definition) is 0. The van der Waals surface area contributed by atoms with Gasteiger partial charge in [0.25, 0.3) is 0 Å². The van der Waals surface area contributed by atoms with E-state index in [2.05, 4.69) is 0 Å². The summed E-state index contributed by atoms with van der Waals surface area (Å²) in [6.07, 6.45) is -0.0578. The van der Waals surface area contributed by atoms with Crippen molar-refractivity contribution >= 4 is 16.6 Å². The van der Waals surface area contributed by atoms with Crippen LogP contribution < -0.4 is 0 Å². The Kier molecular flexibility index (Phi) is 2.70. The fourth-order valence-electron chi connectivity index (χ4n) is 1.84. The van der Waals surface area contributed by atoms with Gasteiger partial charge in [-0.3, -0.25) is 4.79 Å². The van der Waals surface area contributed by atoms with E-state index in [-0.39, 0.29) is 12.2 Å². The first-order chi connectivity index (χ1) is 7.72. The van der Waals surface area contributed by atoms with Crippen LogP contribution in [-0.2, 0) is 0 Å². The van der Waals surface area contributed by atoms with Gasteiger partial charge in [-0.15, -0.1) is 0 Å². The summed E-state index contributed by atoms with van der Waals surface area (Å²) in [5, 5.41) is 10.7. The van der Waals surface area contributed by atoms with E-state index in [1.54, 1.807) is 0 Å². The van der Waals surface area contributed by atoms with Crippen molar-refractivity contribution in [1.82, 2.24) is 0 Å². The number of fused-ring (bicyclic) bond motifs is 1. The molecule has 2 heteroatoms. The second-order valence-corrected chi connectivity index (χ2v) is 3.77. The zero-order valence-electron chi connectivity index (χ0n) is 9.03. The Morgan fingerprint density at radius 1 is 1.31 bits per heavy atom. The van der Waals surface area contributed by atoms with E-state index in [4.69, 9.17) is 5.26 Å². The van der Waals surface area contributed by atoms with Crippen molar-refractivity contribution in [2.75, 3.05) is 0 Å². The van der Waals surface area contributed by atoms with Crippen LogP contribution in [0, 0.1) is 18.3 Å². The quantitative estimate of drug-likeness (QED) is 0.712. The topological polar surface area (TPSA) is 40.9 Å². The molecule has 16 heavy (non-hydrogen) atoms. The first-order valence-corrected chi connectivity index (χ1v) is 5.12. The summed E-state index contributed by atoms with van der Waals surface area (Å²) in [6, 6.07) is 13.5. The molecule has 0 amide bonds. The molecule has 78 valence electrons. The van der Waals surface area contributed by atoms with Gasteiger partial charge in [-0.05, 0) is 35.4 Å². The first kappa shape index (κ1) is 10.4. The molecule has 0 aliphatic rings. The molecule has 0 saturated heterocycles. The van der Waals surface area contributed by atoms with E-state index in [1.165, 1.54) is 0 Å². The molecule has 0 atom stereocenters. The fourth-order valence-corrected chi connectivity index (χ4v) is 1.84. The Labute approximate surface area is 94.1 Å². The molecule has 2 aromatic rings. The highest BCUT2D eigenvalue weighted by atomic mass is 16.1. The molecule has 0 aromatic heterocycles. The number of carbonyl (C=O) groups excluding carboxylic acids is 1. The van der Waals surface area contributed by atoms with E-state index in [9.17, 15) is 4.79 Å². The number of Topliss-reactive ketones (excluding diaryl/α,β-unsaturated/α-hetero) is 1. The normalized spacial score (nSPS) is 10.0. The fraction of sp³-hybridized carbons (Fsp3) is 0.143. The molecule has 0 saturated carbocycles. The molecule has 0 radical (unpaired) electrons. The maximum Gasteiger partial charge on any atom is 0.176 e. The Balaban J connectivity index is 2.59. The van der Waals surface area contributed by atoms with Crippen LogP contribution in [0.2, 0.25) is 0 Å². The third-order valence-corrected chi connectivity index (χ3v) is 2.63. The van der Waals surface area contributed by atoms with Crippen LogP contribution in [0.15, 0.2) is 36.4 Å². The second kappa shape index (κ2) is 4.16. The van der Waals surface area contributed by atoms with E-state index >= 15 is 0 Å². The van der Waals surface area contributed by atoms with Gasteiger partial charge in [-0.1, -0.05) is 24.3 Å². The number of carbonyl (C=O) groups is 1. The molecule has 0 spiro atoms. The van der Waals surface area contributed by atoms with Crippen LogP contribution in [0.25, 0.3) is 10.8 Å². The van der Waals surface area contributed by atoms with Crippen molar-refractivity contribution in [3.63, 3.8) is 0 Å². The van der Waals surface area contributed by atoms with Gasteiger partial charge >= 0.3 is 0 Å². The molecule has 2 aromatic carbocycles. The van der Waals surface area contributed by atoms with Gasteiger partial charge in [-0.2, -0.15) is 5.26 Å². The predicted octanol–water partition coefficient (Wildman–Crippen LogP) is 3.24. The molecule has 2 nitrogen and oxygen atoms in total. The van der Waals surface area contributed by atoms with E-state index in [1.807, 2.05) is 49.4 Å². The van der Waals surface area contributed by atoms with Gasteiger partial charge in [0.15, 0.2) is 5.78 Å². The van der Waals surface area contributed by atoms with Crippen LogP contribution in [0.4, 0.5) is 0 Å². The maximum absolute atomic E-state index is 11.6. The Morgan fingerprint density at radius 3 is 2.81 bits per heavy atom. The van der Waals surface area contributed by atoms with Crippen molar-refractivity contribution in [3.8, 4) is 6.07 Å². The third kappa shape index (κ3) is 1.80. The molecular weight excluding hydrogens is 198 g/mol. The minimum Gasteiger partial charge on any atom is -0.293 e. The summed E-state index contributed by atoms with van der Waals surface area (Å²) in [5.74, 6) is -0.114. The lowest BCUT2D eigenvalue weighted by molar-refractivity contribution is 0.0998. The molecular formula is C14H11NO. The number of ketones is 1. The van der Waals surface area contributed by atoms with E-state index in [0.717, 1.165) is 16.3 Å². The predicted molar refractivity (Wildman–Crippen MR) is 63.2 cm³/mol. The Bertz CT molecular complexity index is 593. The highest BCUT2D eigenvalue weighted by Crippen LogP contribution is 2.21. The average molecular weight is 209 g/mol. The SMILES string of the molecule is Cc1cc(C(=O)CC#N)cc2ccccc12. The summed E-state index contributed by atoms with van der Waals surface area (Å²) >= 11 is 0. The number of nitriles is 1. The number of hydrogen-bond acceptors (Lipinski definition) is 2. The Hall–Kier alpha value is -2.14. The molecule has 0 aliphatic heterocycles. The zero-order valence-corrected chi connectivity index (χ0v) is 9.03. The van der Waals surface area contributed by atoms with E-state index < -0.39 is 0 Å². The lowest BCUT2D eigenvalue weighted by Crippen LogP contribution is -1.98. The van der Waals surface area contributed by atoms with Gasteiger partial charge in [0.1, 0.15) is 0 Å². The third-order valence-electron chi connectivity index (χ3n) is 2.63. The highest BCUT2D eigenvalue weighted by molar-refractivity contribution is 6.01. The van der Waals surface area contributed by atoms with Gasteiger partial charge in [0.2, 0.25) is 0 Å². The average Bonchev–Trinajstić information content (AvgIpc) is 2.29. The minimum absolute atomic E-state index is 0.0578. The zero-order chi connectivity index (χ0) is 11.5. The van der Waals surface area contributed by atoms with Crippen molar-refractivity contribution in [2.45, 2.75) is 13.3 Å². The van der Waals surface area contributed by atoms with Crippen molar-refractivity contribution in [2.24, 2.45) is 0 Å². The number of rotatable bonds is 2. The number of aryl methyl sites for hydroxylation is 1. The summed E-state index contributed by atoms with van der Waals surface area (Å²) in [6.45, 7) is 1.98. The maximum atomic E-state index is 11.6. The summed E-state index contributed by atoms with van der Waals surface area (Å²) in [7, 11) is 0. The van der Waals surface area contributed by atoms with Crippen molar-refractivity contribution < 1.29 is 4.79 Å². The minimum atomic E-state index is -0.114. The molecule has 2 rings (SSSR count). The first-order valence-electron chi connectivity index (χ1n) is 5.12. The van der Waals surface area contributed by atoms with Crippen LogP contribution in [-0.4, -0.2) is 5.78 Å². The van der Waals surface area contributed by atoms with Crippen LogP contribution in [0.5, 0.6) is 0 Å². The smallest absolute Gasteiger partial charge is 0.176 e. The second-order valence-electron chi connectivity index (χ2n) is 3.77. The van der Waals surface area contributed by atoms with Gasteiger partial charge < -0.3 is 0 Å². The molecule has 0 heterocycles. The highest BCUT2D eigenvalue weighted by Gasteiger charge is 2.07. The molecule has 0 N–H and O–H groups in total. The standard InChI is InChI=1S/C14H11NO/c1-10-8-12(14(16)6-7-15)9-11-4-2-3-5-13(10)11/h2-5,8-9H,6H2,1H3. The van der Waals surface area contributed by atoms with Crippen molar-refractivity contribution in [1.29, 1.82) is 5.26 Å². The number of nitrogens with zero attached hydrogens (tertiary/aromatic N) is 1. The van der Waals surface area contributed by atoms with Crippen LogP contribution in [0.3, 0.4) is 0 Å². The summed E-state index contributed by atoms with van der Waals surface area (Å²) in [4.78, 5) is 11.6. The summed E-state index contributed by atoms with van der Waals surface area (Å²) in [5.41, 5.74) is 1.69. The van der Waals surface area contributed by atoms with Crippen molar-refractivity contribution in [3.05, 3.63) is 47.5 Å². The van der Waals surface area contributed by atoms with Gasteiger partial charge in [0, 0.05) is 5.56 Å². The summed E-state index contributed by atoms with van der Waals surface area (Å²) < 4.78 is 0. The van der Waals surface area contributed by atoms with Crippen LogP contribution >= 0.6 is 0 Å². The molecule has 0 unspecified atom stereocenters. The lowest BCUT2D eigenvalue weighted by atomic mass is 9.99. The molecule has 0 bridgehead atoms. The van der Waals surface area contributed by atoms with Gasteiger partial charge in [0.05, 0.1) is 12.5 Å².